The highest BCUT2D eigenvalue weighted by atomic mass is 19.1. The summed E-state index contributed by atoms with van der Waals surface area (Å²) >= 11 is 0. The predicted octanol–water partition coefficient (Wildman–Crippen LogP) is 4.54. The van der Waals surface area contributed by atoms with Gasteiger partial charge in [-0.3, -0.25) is 4.79 Å². The number of hydrogen-bond acceptors (Lipinski definition) is 4. The predicted molar refractivity (Wildman–Crippen MR) is 106 cm³/mol. The maximum absolute atomic E-state index is 13.2. The summed E-state index contributed by atoms with van der Waals surface area (Å²) in [4.78, 5) is 25.0. The van der Waals surface area contributed by atoms with E-state index in [1.54, 1.807) is 61.7 Å². The van der Waals surface area contributed by atoms with E-state index in [0.29, 0.717) is 34.5 Å². The summed E-state index contributed by atoms with van der Waals surface area (Å²) in [5.41, 5.74) is 2.94. The number of fused-ring (bicyclic) bond motifs is 1. The van der Waals surface area contributed by atoms with Gasteiger partial charge in [-0.05, 0) is 65.7 Å². The molecule has 0 fully saturated rings. The highest BCUT2D eigenvalue weighted by Crippen LogP contribution is 2.31. The van der Waals surface area contributed by atoms with Crippen LogP contribution in [0.15, 0.2) is 66.7 Å². The third-order valence-corrected chi connectivity index (χ3v) is 4.83. The molecule has 6 heteroatoms. The highest BCUT2D eigenvalue weighted by Gasteiger charge is 2.28. The molecule has 1 amide bonds. The zero-order valence-electron chi connectivity index (χ0n) is 15.6. The molecule has 0 radical (unpaired) electrons. The summed E-state index contributed by atoms with van der Waals surface area (Å²) in [5.74, 6) is -0.395. The van der Waals surface area contributed by atoms with Gasteiger partial charge in [0, 0.05) is 17.7 Å². The van der Waals surface area contributed by atoms with Crippen molar-refractivity contribution < 1.29 is 23.5 Å². The number of hydrogen-bond donors (Lipinski definition) is 1. The first-order valence-corrected chi connectivity index (χ1v) is 9.08. The van der Waals surface area contributed by atoms with Crippen molar-refractivity contribution in [2.75, 3.05) is 12.4 Å². The van der Waals surface area contributed by atoms with Crippen LogP contribution < -0.4 is 10.1 Å². The van der Waals surface area contributed by atoms with Gasteiger partial charge in [-0.15, -0.1) is 0 Å². The van der Waals surface area contributed by atoms with E-state index >= 15 is 0 Å². The molecule has 1 aliphatic rings. The second kappa shape index (κ2) is 7.75. The molecule has 0 unspecified atom stereocenters. The van der Waals surface area contributed by atoms with Crippen LogP contribution >= 0.6 is 0 Å². The van der Waals surface area contributed by atoms with Gasteiger partial charge in [0.05, 0.1) is 12.7 Å². The molecule has 0 bridgehead atoms. The standard InChI is InChI=1S/C23H18FNO4/c1-28-19-9-7-18(8-10-19)25-22(26)15-4-11-20-16(12-15)13-21(29-23(20)27)14-2-5-17(24)6-3-14/h2-12,21H,13H2,1H3,(H,25,26)/t21-/m1/s1. The Morgan fingerprint density at radius 3 is 2.48 bits per heavy atom. The SMILES string of the molecule is COc1ccc(NC(=O)c2ccc3c(c2)C[C@H](c2ccc(F)cc2)OC3=O)cc1. The summed E-state index contributed by atoms with van der Waals surface area (Å²) in [7, 11) is 1.57. The van der Waals surface area contributed by atoms with E-state index in [1.807, 2.05) is 0 Å². The lowest BCUT2D eigenvalue weighted by molar-refractivity contribution is 0.0252. The molecule has 0 saturated heterocycles. The van der Waals surface area contributed by atoms with E-state index in [9.17, 15) is 14.0 Å². The van der Waals surface area contributed by atoms with Gasteiger partial charge in [-0.1, -0.05) is 12.1 Å². The minimum atomic E-state index is -0.518. The summed E-state index contributed by atoms with van der Waals surface area (Å²) in [6, 6.07) is 17.8. The van der Waals surface area contributed by atoms with E-state index < -0.39 is 12.1 Å². The molecule has 29 heavy (non-hydrogen) atoms. The van der Waals surface area contributed by atoms with Crippen molar-refractivity contribution in [1.82, 2.24) is 0 Å². The molecule has 4 rings (SSSR count). The maximum Gasteiger partial charge on any atom is 0.339 e. The number of amides is 1. The van der Waals surface area contributed by atoms with Crippen LogP contribution in [0.4, 0.5) is 10.1 Å². The molecule has 0 spiro atoms. The topological polar surface area (TPSA) is 64.6 Å². The van der Waals surface area contributed by atoms with Gasteiger partial charge in [0.25, 0.3) is 5.91 Å². The number of nitrogens with one attached hydrogen (secondary N) is 1. The molecule has 3 aromatic rings. The van der Waals surface area contributed by atoms with E-state index in [2.05, 4.69) is 5.32 Å². The minimum absolute atomic E-state index is 0.282. The van der Waals surface area contributed by atoms with Crippen molar-refractivity contribution >= 4 is 17.6 Å². The largest absolute Gasteiger partial charge is 0.497 e. The lowest BCUT2D eigenvalue weighted by Crippen LogP contribution is -2.23. The molecule has 0 aromatic heterocycles. The number of methoxy groups -OCH3 is 1. The normalized spacial score (nSPS) is 15.2. The fourth-order valence-corrected chi connectivity index (χ4v) is 3.28. The quantitative estimate of drug-likeness (QED) is 0.663. The number of rotatable bonds is 4. The van der Waals surface area contributed by atoms with Crippen LogP contribution in [0.1, 0.15) is 37.9 Å². The molecule has 1 aliphatic heterocycles. The van der Waals surface area contributed by atoms with Gasteiger partial charge in [0.1, 0.15) is 17.7 Å². The fraction of sp³-hybridized carbons (Fsp3) is 0.130. The number of esters is 1. The van der Waals surface area contributed by atoms with Crippen molar-refractivity contribution in [2.45, 2.75) is 12.5 Å². The first-order valence-electron chi connectivity index (χ1n) is 9.08. The fourth-order valence-electron chi connectivity index (χ4n) is 3.28. The van der Waals surface area contributed by atoms with Gasteiger partial charge >= 0.3 is 5.97 Å². The number of anilines is 1. The molecule has 1 N–H and O–H groups in total. The third kappa shape index (κ3) is 3.96. The summed E-state index contributed by atoms with van der Waals surface area (Å²) in [6.07, 6.45) is -0.105. The monoisotopic (exact) mass is 391 g/mol. The van der Waals surface area contributed by atoms with Crippen molar-refractivity contribution in [2.24, 2.45) is 0 Å². The number of benzene rings is 3. The van der Waals surface area contributed by atoms with Crippen molar-refractivity contribution in [3.05, 3.63) is 94.8 Å². The van der Waals surface area contributed by atoms with Gasteiger partial charge < -0.3 is 14.8 Å². The summed E-state index contributed by atoms with van der Waals surface area (Å²) < 4.78 is 23.8. The summed E-state index contributed by atoms with van der Waals surface area (Å²) in [6.45, 7) is 0. The number of carbonyl (C=O) groups is 2. The molecular weight excluding hydrogens is 373 g/mol. The maximum atomic E-state index is 13.2. The molecule has 5 nitrogen and oxygen atoms in total. The van der Waals surface area contributed by atoms with Gasteiger partial charge in [0.15, 0.2) is 0 Å². The first kappa shape index (κ1) is 18.7. The Kier molecular flexibility index (Phi) is 4.99. The average molecular weight is 391 g/mol. The smallest absolute Gasteiger partial charge is 0.339 e. The number of carbonyl (C=O) groups excluding carboxylic acids is 2. The van der Waals surface area contributed by atoms with E-state index in [-0.39, 0.29) is 11.7 Å². The minimum Gasteiger partial charge on any atom is -0.497 e. The number of cyclic esters (lactones) is 1. The van der Waals surface area contributed by atoms with Gasteiger partial charge in [0.2, 0.25) is 0 Å². The van der Waals surface area contributed by atoms with Crippen LogP contribution in [-0.2, 0) is 11.2 Å². The molecule has 1 atom stereocenters. The lowest BCUT2D eigenvalue weighted by Gasteiger charge is -2.25. The Labute approximate surface area is 167 Å². The molecule has 1 heterocycles. The van der Waals surface area contributed by atoms with E-state index in [1.165, 1.54) is 12.1 Å². The Balaban J connectivity index is 1.55. The zero-order valence-corrected chi connectivity index (χ0v) is 15.6. The number of ether oxygens (including phenoxy) is 2. The van der Waals surface area contributed by atoms with Crippen molar-refractivity contribution in [3.63, 3.8) is 0 Å². The van der Waals surface area contributed by atoms with Crippen molar-refractivity contribution in [1.29, 1.82) is 0 Å². The van der Waals surface area contributed by atoms with E-state index in [0.717, 1.165) is 5.56 Å². The van der Waals surface area contributed by atoms with E-state index in [4.69, 9.17) is 9.47 Å². The summed E-state index contributed by atoms with van der Waals surface area (Å²) in [5, 5.41) is 2.82. The Morgan fingerprint density at radius 1 is 1.07 bits per heavy atom. The van der Waals surface area contributed by atoms with Gasteiger partial charge in [-0.2, -0.15) is 0 Å². The van der Waals surface area contributed by atoms with Crippen LogP contribution in [0, 0.1) is 5.82 Å². The van der Waals surface area contributed by atoms with Crippen LogP contribution in [0.5, 0.6) is 5.75 Å². The lowest BCUT2D eigenvalue weighted by atomic mass is 9.93. The number of halogens is 1. The molecule has 146 valence electrons. The second-order valence-electron chi connectivity index (χ2n) is 6.70. The molecule has 0 saturated carbocycles. The van der Waals surface area contributed by atoms with Crippen LogP contribution in [0.3, 0.4) is 0 Å². The first-order chi connectivity index (χ1) is 14.0. The van der Waals surface area contributed by atoms with Crippen LogP contribution in [-0.4, -0.2) is 19.0 Å². The molecule has 0 aliphatic carbocycles. The van der Waals surface area contributed by atoms with Gasteiger partial charge in [-0.25, -0.2) is 9.18 Å². The second-order valence-corrected chi connectivity index (χ2v) is 6.70. The van der Waals surface area contributed by atoms with Crippen LogP contribution in [0.25, 0.3) is 0 Å². The Morgan fingerprint density at radius 2 is 1.79 bits per heavy atom. The molecular formula is C23H18FNO4. The molecule has 3 aromatic carbocycles. The van der Waals surface area contributed by atoms with Crippen LogP contribution in [0.2, 0.25) is 0 Å². The van der Waals surface area contributed by atoms with Crippen molar-refractivity contribution in [3.8, 4) is 5.75 Å². The average Bonchev–Trinajstić information content (AvgIpc) is 2.74. The highest BCUT2D eigenvalue weighted by molar-refractivity contribution is 6.05. The zero-order chi connectivity index (χ0) is 20.4. The third-order valence-electron chi connectivity index (χ3n) is 4.83. The Hall–Kier alpha value is -3.67. The Bertz CT molecular complexity index is 1060.